The molecule has 0 unspecified atom stereocenters. The van der Waals surface area contributed by atoms with Gasteiger partial charge in [-0.15, -0.1) is 4.91 Å². The number of hydrogen-bond donors (Lipinski definition) is 0. The van der Waals surface area contributed by atoms with Crippen LogP contribution in [0.5, 0.6) is 5.75 Å². The van der Waals surface area contributed by atoms with E-state index in [1.807, 2.05) is 6.07 Å². The van der Waals surface area contributed by atoms with Crippen LogP contribution >= 0.6 is 0 Å². The summed E-state index contributed by atoms with van der Waals surface area (Å²) >= 11 is 0. The molecule has 0 spiro atoms. The largest absolute Gasteiger partial charge is 0.494 e. The molecule has 1 aromatic rings. The Morgan fingerprint density at radius 3 is 2.53 bits per heavy atom. The quantitative estimate of drug-likeness (QED) is 0.743. The SMILES string of the molecule is COc1c(N=O)cc(C#N)cc1C(=O)N(C)C. The summed E-state index contributed by atoms with van der Waals surface area (Å²) in [7, 11) is 4.46. The van der Waals surface area contributed by atoms with E-state index in [1.54, 1.807) is 14.1 Å². The van der Waals surface area contributed by atoms with Crippen LogP contribution in [0.1, 0.15) is 15.9 Å². The molecule has 0 N–H and O–H groups in total. The van der Waals surface area contributed by atoms with E-state index >= 15 is 0 Å². The summed E-state index contributed by atoms with van der Waals surface area (Å²) in [6.07, 6.45) is 0. The van der Waals surface area contributed by atoms with E-state index in [-0.39, 0.29) is 28.5 Å². The van der Waals surface area contributed by atoms with Gasteiger partial charge in [0.2, 0.25) is 0 Å². The molecule has 0 aliphatic carbocycles. The lowest BCUT2D eigenvalue weighted by Crippen LogP contribution is -2.22. The molecule has 17 heavy (non-hydrogen) atoms. The van der Waals surface area contributed by atoms with Gasteiger partial charge in [-0.1, -0.05) is 0 Å². The van der Waals surface area contributed by atoms with Crippen LogP contribution in [-0.2, 0) is 0 Å². The summed E-state index contributed by atoms with van der Waals surface area (Å²) in [5.41, 5.74) is 0.272. The van der Waals surface area contributed by atoms with Crippen LogP contribution in [0.15, 0.2) is 17.3 Å². The van der Waals surface area contributed by atoms with Gasteiger partial charge < -0.3 is 9.64 Å². The fourth-order valence-corrected chi connectivity index (χ4v) is 1.36. The van der Waals surface area contributed by atoms with Crippen LogP contribution in [0.3, 0.4) is 0 Å². The average molecular weight is 233 g/mol. The zero-order valence-corrected chi connectivity index (χ0v) is 9.72. The van der Waals surface area contributed by atoms with Crippen molar-refractivity contribution in [2.24, 2.45) is 5.18 Å². The van der Waals surface area contributed by atoms with Gasteiger partial charge in [0.05, 0.1) is 24.3 Å². The predicted molar refractivity (Wildman–Crippen MR) is 61.2 cm³/mol. The van der Waals surface area contributed by atoms with E-state index in [4.69, 9.17) is 10.00 Å². The lowest BCUT2D eigenvalue weighted by atomic mass is 10.1. The standard InChI is InChI=1S/C11H11N3O3/c1-14(2)11(15)8-4-7(6-12)5-9(13-16)10(8)17-3/h4-5H,1-3H3. The zero-order valence-electron chi connectivity index (χ0n) is 9.72. The number of amides is 1. The van der Waals surface area contributed by atoms with Gasteiger partial charge in [-0.2, -0.15) is 5.26 Å². The number of nitrogens with zero attached hydrogens (tertiary/aromatic N) is 3. The van der Waals surface area contributed by atoms with Gasteiger partial charge >= 0.3 is 0 Å². The van der Waals surface area contributed by atoms with E-state index in [9.17, 15) is 9.70 Å². The first-order valence-electron chi connectivity index (χ1n) is 4.72. The maximum Gasteiger partial charge on any atom is 0.257 e. The molecule has 1 amide bonds. The third-order valence-corrected chi connectivity index (χ3v) is 2.14. The summed E-state index contributed by atoms with van der Waals surface area (Å²) in [4.78, 5) is 23.8. The molecule has 88 valence electrons. The minimum Gasteiger partial charge on any atom is -0.494 e. The Balaban J connectivity index is 3.51. The predicted octanol–water partition coefficient (Wildman–Crippen LogP) is 1.67. The van der Waals surface area contributed by atoms with Crippen molar-refractivity contribution in [3.8, 4) is 11.8 Å². The molecular weight excluding hydrogens is 222 g/mol. The topological polar surface area (TPSA) is 82.8 Å². The van der Waals surface area contributed by atoms with Crippen LogP contribution < -0.4 is 4.74 Å². The maximum absolute atomic E-state index is 11.9. The molecule has 0 aliphatic heterocycles. The maximum atomic E-state index is 11.9. The number of methoxy groups -OCH3 is 1. The van der Waals surface area contributed by atoms with Crippen molar-refractivity contribution in [2.75, 3.05) is 21.2 Å². The third-order valence-electron chi connectivity index (χ3n) is 2.14. The number of benzene rings is 1. The molecule has 0 aromatic heterocycles. The first kappa shape index (κ1) is 12.6. The molecule has 0 aliphatic rings. The molecule has 1 rings (SSSR count). The number of rotatable bonds is 3. The first-order chi connectivity index (χ1) is 8.04. The molecule has 1 aromatic carbocycles. The second-order valence-corrected chi connectivity index (χ2v) is 3.48. The fraction of sp³-hybridized carbons (Fsp3) is 0.273. The number of ether oxygens (including phenoxy) is 1. The van der Waals surface area contributed by atoms with Crippen LogP contribution in [0.25, 0.3) is 0 Å². The van der Waals surface area contributed by atoms with E-state index in [0.29, 0.717) is 0 Å². The smallest absolute Gasteiger partial charge is 0.257 e. The normalized spacial score (nSPS) is 9.29. The van der Waals surface area contributed by atoms with Crippen molar-refractivity contribution in [2.45, 2.75) is 0 Å². The Kier molecular flexibility index (Phi) is 3.78. The summed E-state index contributed by atoms with van der Waals surface area (Å²) in [5, 5.41) is 11.6. The number of carbonyl (C=O) groups is 1. The highest BCUT2D eigenvalue weighted by molar-refractivity contribution is 5.98. The van der Waals surface area contributed by atoms with Gasteiger partial charge in [0.15, 0.2) is 11.4 Å². The van der Waals surface area contributed by atoms with Crippen LogP contribution in [0.4, 0.5) is 5.69 Å². The van der Waals surface area contributed by atoms with E-state index in [0.717, 1.165) is 0 Å². The van der Waals surface area contributed by atoms with Crippen molar-refractivity contribution in [1.29, 1.82) is 5.26 Å². The number of nitriles is 1. The number of hydrogen-bond acceptors (Lipinski definition) is 5. The average Bonchev–Trinajstić information content (AvgIpc) is 2.35. The summed E-state index contributed by atoms with van der Waals surface area (Å²) < 4.78 is 4.99. The Bertz CT molecular complexity index is 503. The Morgan fingerprint density at radius 2 is 2.12 bits per heavy atom. The van der Waals surface area contributed by atoms with Crippen LogP contribution in [0.2, 0.25) is 0 Å². The first-order valence-corrected chi connectivity index (χ1v) is 4.72. The zero-order chi connectivity index (χ0) is 13.0. The molecule has 6 heteroatoms. The molecule has 0 saturated heterocycles. The van der Waals surface area contributed by atoms with Crippen LogP contribution in [0, 0.1) is 16.2 Å². The summed E-state index contributed by atoms with van der Waals surface area (Å²) in [5.74, 6) is -0.276. The molecule has 0 fully saturated rings. The summed E-state index contributed by atoms with van der Waals surface area (Å²) in [6.45, 7) is 0. The second-order valence-electron chi connectivity index (χ2n) is 3.48. The number of carbonyl (C=O) groups excluding carboxylic acids is 1. The van der Waals surface area contributed by atoms with E-state index < -0.39 is 0 Å². The third kappa shape index (κ3) is 2.39. The fourth-order valence-electron chi connectivity index (χ4n) is 1.36. The molecule has 0 heterocycles. The minimum atomic E-state index is -0.358. The summed E-state index contributed by atoms with van der Waals surface area (Å²) in [6, 6.07) is 4.51. The highest BCUT2D eigenvalue weighted by atomic mass is 16.5. The van der Waals surface area contributed by atoms with Gasteiger partial charge in [-0.05, 0) is 17.3 Å². The lowest BCUT2D eigenvalue weighted by molar-refractivity contribution is 0.0824. The van der Waals surface area contributed by atoms with E-state index in [1.165, 1.54) is 24.1 Å². The lowest BCUT2D eigenvalue weighted by Gasteiger charge is -2.14. The highest BCUT2D eigenvalue weighted by Crippen LogP contribution is 2.33. The highest BCUT2D eigenvalue weighted by Gasteiger charge is 2.19. The number of nitroso groups, excluding NO2 is 1. The molecule has 0 saturated carbocycles. The van der Waals surface area contributed by atoms with Gasteiger partial charge in [-0.25, -0.2) is 0 Å². The molecule has 0 bridgehead atoms. The van der Waals surface area contributed by atoms with Crippen molar-refractivity contribution in [3.63, 3.8) is 0 Å². The molecule has 0 atom stereocenters. The van der Waals surface area contributed by atoms with Crippen molar-refractivity contribution < 1.29 is 9.53 Å². The van der Waals surface area contributed by atoms with Gasteiger partial charge in [0.1, 0.15) is 0 Å². The Hall–Kier alpha value is -2.42. The van der Waals surface area contributed by atoms with Gasteiger partial charge in [-0.3, -0.25) is 4.79 Å². The Labute approximate surface area is 98.4 Å². The van der Waals surface area contributed by atoms with Crippen molar-refractivity contribution in [1.82, 2.24) is 4.90 Å². The molecule has 6 nitrogen and oxygen atoms in total. The van der Waals surface area contributed by atoms with Crippen molar-refractivity contribution >= 4 is 11.6 Å². The monoisotopic (exact) mass is 233 g/mol. The Morgan fingerprint density at radius 1 is 1.47 bits per heavy atom. The van der Waals surface area contributed by atoms with Crippen LogP contribution in [-0.4, -0.2) is 32.0 Å². The van der Waals surface area contributed by atoms with E-state index in [2.05, 4.69) is 5.18 Å². The van der Waals surface area contributed by atoms with Crippen molar-refractivity contribution in [3.05, 3.63) is 28.2 Å². The molecule has 0 radical (unpaired) electrons. The second kappa shape index (κ2) is 5.07. The molecular formula is C11H11N3O3. The van der Waals surface area contributed by atoms with Gasteiger partial charge in [0, 0.05) is 14.1 Å². The van der Waals surface area contributed by atoms with Gasteiger partial charge in [0.25, 0.3) is 5.91 Å². The minimum absolute atomic E-state index is 0.0586.